The molecule has 8 heteroatoms. The summed E-state index contributed by atoms with van der Waals surface area (Å²) in [5, 5.41) is 0. The zero-order valence-corrected chi connectivity index (χ0v) is 16.8. The molecule has 2 saturated heterocycles. The Labute approximate surface area is 161 Å². The van der Waals surface area contributed by atoms with E-state index in [1.54, 1.807) is 23.4 Å². The van der Waals surface area contributed by atoms with Crippen molar-refractivity contribution in [3.8, 4) is 0 Å². The lowest BCUT2D eigenvalue weighted by atomic mass is 10.1. The van der Waals surface area contributed by atoms with Crippen LogP contribution in [0.1, 0.15) is 55.8 Å². The van der Waals surface area contributed by atoms with E-state index in [-0.39, 0.29) is 4.90 Å². The summed E-state index contributed by atoms with van der Waals surface area (Å²) in [4.78, 5) is 19.6. The first-order valence-electron chi connectivity index (χ1n) is 9.85. The van der Waals surface area contributed by atoms with E-state index in [1.807, 2.05) is 0 Å². The van der Waals surface area contributed by atoms with Crippen molar-refractivity contribution >= 4 is 21.6 Å². The summed E-state index contributed by atoms with van der Waals surface area (Å²) in [6.45, 7) is 4.87. The van der Waals surface area contributed by atoms with E-state index < -0.39 is 15.9 Å². The van der Waals surface area contributed by atoms with Crippen LogP contribution in [0.15, 0.2) is 23.1 Å². The van der Waals surface area contributed by atoms with Crippen LogP contribution in [-0.4, -0.2) is 51.4 Å². The van der Waals surface area contributed by atoms with Crippen molar-refractivity contribution in [1.29, 1.82) is 0 Å². The van der Waals surface area contributed by atoms with E-state index in [1.165, 1.54) is 12.5 Å². The number of carbonyl (C=O) groups excluding carboxylic acids is 1. The summed E-state index contributed by atoms with van der Waals surface area (Å²) in [7, 11) is -3.65. The largest absolute Gasteiger partial charge is 0.370 e. The number of amides is 1. The summed E-state index contributed by atoms with van der Waals surface area (Å²) >= 11 is 0. The van der Waals surface area contributed by atoms with Crippen molar-refractivity contribution < 1.29 is 18.0 Å². The third-order valence-electron chi connectivity index (χ3n) is 5.16. The van der Waals surface area contributed by atoms with Gasteiger partial charge in [0.25, 0.3) is 5.91 Å². The zero-order chi connectivity index (χ0) is 19.3. The molecule has 7 nitrogen and oxygen atoms in total. The highest BCUT2D eigenvalue weighted by Crippen LogP contribution is 2.32. The first-order chi connectivity index (χ1) is 13.0. The van der Waals surface area contributed by atoms with Crippen LogP contribution in [0.4, 0.5) is 5.69 Å². The van der Waals surface area contributed by atoms with E-state index >= 15 is 0 Å². The van der Waals surface area contributed by atoms with E-state index in [2.05, 4.69) is 10.4 Å². The molecule has 0 spiro atoms. The molecule has 1 N–H and O–H groups in total. The fourth-order valence-electron chi connectivity index (χ4n) is 3.70. The number of hydrogen-bond acceptors (Lipinski definition) is 5. The highest BCUT2D eigenvalue weighted by Gasteiger charge is 2.31. The third kappa shape index (κ3) is 4.62. The van der Waals surface area contributed by atoms with Gasteiger partial charge in [-0.05, 0) is 57.2 Å². The maximum Gasteiger partial charge on any atom is 0.274 e. The van der Waals surface area contributed by atoms with E-state index in [9.17, 15) is 13.2 Å². The Morgan fingerprint density at radius 1 is 1.04 bits per heavy atom. The fourth-order valence-corrected chi connectivity index (χ4v) is 5.45. The van der Waals surface area contributed by atoms with Crippen molar-refractivity contribution in [3.63, 3.8) is 0 Å². The Hall–Kier alpha value is -1.64. The number of carbonyl (C=O) groups is 1. The van der Waals surface area contributed by atoms with Crippen LogP contribution in [-0.2, 0) is 14.9 Å². The topological polar surface area (TPSA) is 79.0 Å². The van der Waals surface area contributed by atoms with Crippen molar-refractivity contribution in [2.75, 3.05) is 37.7 Å². The summed E-state index contributed by atoms with van der Waals surface area (Å²) in [6, 6.07) is 4.94. The van der Waals surface area contributed by atoms with Crippen LogP contribution >= 0.6 is 0 Å². The first-order valence-corrected chi connectivity index (χ1v) is 11.3. The minimum atomic E-state index is -3.65. The van der Waals surface area contributed by atoms with Gasteiger partial charge in [0.15, 0.2) is 0 Å². The second-order valence-corrected chi connectivity index (χ2v) is 8.97. The molecule has 2 heterocycles. The lowest BCUT2D eigenvalue weighted by Gasteiger charge is -2.33. The maximum absolute atomic E-state index is 13.4. The van der Waals surface area contributed by atoms with Crippen LogP contribution < -0.4 is 10.4 Å². The number of benzene rings is 1. The molecule has 27 heavy (non-hydrogen) atoms. The molecule has 0 bridgehead atoms. The SMILES string of the molecule is CCONC(=O)c1ccc(N2CCCCC2)c(S(=O)(=O)N2CCCCC2)c1. The molecule has 0 unspecified atom stereocenters. The molecular weight excluding hydrogens is 366 g/mol. The quantitative estimate of drug-likeness (QED) is 0.749. The molecule has 0 radical (unpaired) electrons. The Morgan fingerprint density at radius 3 is 2.30 bits per heavy atom. The fraction of sp³-hybridized carbons (Fsp3) is 0.632. The standard InChI is InChI=1S/C19H29N3O4S/c1-2-26-20-19(23)16-9-10-17(21-11-5-3-6-12-21)18(15-16)27(24,25)22-13-7-4-8-14-22/h9-10,15H,2-8,11-14H2,1H3,(H,20,23). The van der Waals surface area contributed by atoms with Gasteiger partial charge in [-0.3, -0.25) is 9.63 Å². The van der Waals surface area contributed by atoms with Gasteiger partial charge in [-0.1, -0.05) is 6.42 Å². The van der Waals surface area contributed by atoms with Crippen molar-refractivity contribution in [1.82, 2.24) is 9.79 Å². The van der Waals surface area contributed by atoms with Crippen LogP contribution in [0.5, 0.6) is 0 Å². The molecule has 2 aliphatic heterocycles. The molecule has 3 rings (SSSR count). The van der Waals surface area contributed by atoms with Gasteiger partial charge in [-0.2, -0.15) is 4.31 Å². The van der Waals surface area contributed by atoms with Crippen molar-refractivity contribution in [2.24, 2.45) is 0 Å². The van der Waals surface area contributed by atoms with Gasteiger partial charge in [0.1, 0.15) is 4.90 Å². The Kier molecular flexibility index (Phi) is 6.73. The second-order valence-electron chi connectivity index (χ2n) is 7.06. The molecule has 2 fully saturated rings. The second kappa shape index (κ2) is 9.03. The molecule has 1 amide bonds. The molecular formula is C19H29N3O4S. The minimum absolute atomic E-state index is 0.232. The first kappa shape index (κ1) is 20.1. The molecule has 1 aromatic carbocycles. The predicted molar refractivity (Wildman–Crippen MR) is 104 cm³/mol. The van der Waals surface area contributed by atoms with Gasteiger partial charge < -0.3 is 4.90 Å². The number of piperidine rings is 2. The number of hydroxylamine groups is 1. The lowest BCUT2D eigenvalue weighted by Crippen LogP contribution is -2.38. The Bertz CT molecular complexity index is 754. The van der Waals surface area contributed by atoms with Crippen LogP contribution in [0.2, 0.25) is 0 Å². The van der Waals surface area contributed by atoms with Gasteiger partial charge >= 0.3 is 0 Å². The van der Waals surface area contributed by atoms with E-state index in [0.717, 1.165) is 45.2 Å². The summed E-state index contributed by atoms with van der Waals surface area (Å²) in [5.41, 5.74) is 3.34. The molecule has 2 aliphatic rings. The molecule has 0 aliphatic carbocycles. The van der Waals surface area contributed by atoms with Gasteiger partial charge in [-0.25, -0.2) is 13.9 Å². The molecule has 0 saturated carbocycles. The molecule has 150 valence electrons. The molecule has 0 aromatic heterocycles. The van der Waals surface area contributed by atoms with Crippen LogP contribution in [0.25, 0.3) is 0 Å². The van der Waals surface area contributed by atoms with Crippen LogP contribution in [0.3, 0.4) is 0 Å². The van der Waals surface area contributed by atoms with Crippen LogP contribution in [0, 0.1) is 0 Å². The van der Waals surface area contributed by atoms with Gasteiger partial charge in [-0.15, -0.1) is 0 Å². The van der Waals surface area contributed by atoms with Gasteiger partial charge in [0.2, 0.25) is 10.0 Å². The summed E-state index contributed by atoms with van der Waals surface area (Å²) < 4.78 is 28.3. The number of sulfonamides is 1. The van der Waals surface area contributed by atoms with Crippen molar-refractivity contribution in [3.05, 3.63) is 23.8 Å². The normalized spacial score (nSPS) is 19.1. The van der Waals surface area contributed by atoms with Gasteiger partial charge in [0.05, 0.1) is 12.3 Å². The molecule has 1 aromatic rings. The number of rotatable bonds is 6. The summed E-state index contributed by atoms with van der Waals surface area (Å²) in [5.74, 6) is -0.433. The zero-order valence-electron chi connectivity index (χ0n) is 15.9. The number of hydrogen-bond donors (Lipinski definition) is 1. The summed E-state index contributed by atoms with van der Waals surface area (Å²) in [6.07, 6.45) is 6.08. The molecule has 0 atom stereocenters. The predicted octanol–water partition coefficient (Wildman–Crippen LogP) is 2.53. The highest BCUT2D eigenvalue weighted by atomic mass is 32.2. The smallest absolute Gasteiger partial charge is 0.274 e. The monoisotopic (exact) mass is 395 g/mol. The number of anilines is 1. The Morgan fingerprint density at radius 2 is 1.67 bits per heavy atom. The number of nitrogens with zero attached hydrogens (tertiary/aromatic N) is 2. The highest BCUT2D eigenvalue weighted by molar-refractivity contribution is 7.89. The van der Waals surface area contributed by atoms with E-state index in [4.69, 9.17) is 4.84 Å². The average molecular weight is 396 g/mol. The third-order valence-corrected chi connectivity index (χ3v) is 7.09. The Balaban J connectivity index is 1.99. The minimum Gasteiger partial charge on any atom is -0.370 e. The van der Waals surface area contributed by atoms with Crippen molar-refractivity contribution in [2.45, 2.75) is 50.3 Å². The lowest BCUT2D eigenvalue weighted by molar-refractivity contribution is 0.0364. The maximum atomic E-state index is 13.4. The average Bonchev–Trinajstić information content (AvgIpc) is 2.73. The number of nitrogens with one attached hydrogen (secondary N) is 1. The van der Waals surface area contributed by atoms with Gasteiger partial charge in [0, 0.05) is 31.7 Å². The van der Waals surface area contributed by atoms with E-state index in [0.29, 0.717) is 30.9 Å².